The first-order chi connectivity index (χ1) is 10.6. The Labute approximate surface area is 130 Å². The zero-order chi connectivity index (χ0) is 15.9. The Balaban J connectivity index is 1.86. The molecule has 0 spiro atoms. The second-order valence-electron chi connectivity index (χ2n) is 5.63. The Bertz CT molecular complexity index is 586. The van der Waals surface area contributed by atoms with E-state index in [1.807, 2.05) is 6.07 Å². The standard InChI is InChI=1S/C17H20N2O3/c1-12(22-16(20)10-13-6-2-3-7-13)17(21)19-15-9-5-4-8-14(15)11-18/h4-5,8-9,12-13H,2-3,6-7,10H2,1H3,(H,19,21)/t12-/m0/s1. The summed E-state index contributed by atoms with van der Waals surface area (Å²) < 4.78 is 5.19. The van der Waals surface area contributed by atoms with Crippen molar-refractivity contribution in [2.24, 2.45) is 5.92 Å². The van der Waals surface area contributed by atoms with Crippen molar-refractivity contribution < 1.29 is 14.3 Å². The van der Waals surface area contributed by atoms with Gasteiger partial charge < -0.3 is 10.1 Å². The highest BCUT2D eigenvalue weighted by atomic mass is 16.5. The molecule has 1 amide bonds. The second-order valence-corrected chi connectivity index (χ2v) is 5.63. The average Bonchev–Trinajstić information content (AvgIpc) is 3.00. The van der Waals surface area contributed by atoms with Crippen molar-refractivity contribution in [2.75, 3.05) is 5.32 Å². The number of anilines is 1. The molecule has 1 N–H and O–H groups in total. The van der Waals surface area contributed by atoms with E-state index in [1.54, 1.807) is 24.3 Å². The predicted molar refractivity (Wildman–Crippen MR) is 81.9 cm³/mol. The molecule has 1 aromatic rings. The number of rotatable bonds is 5. The fourth-order valence-electron chi connectivity index (χ4n) is 2.67. The molecule has 0 aliphatic heterocycles. The first-order valence-electron chi connectivity index (χ1n) is 7.59. The van der Waals surface area contributed by atoms with Gasteiger partial charge in [0.1, 0.15) is 6.07 Å². The quantitative estimate of drug-likeness (QED) is 0.848. The zero-order valence-electron chi connectivity index (χ0n) is 12.7. The molecule has 2 rings (SSSR count). The summed E-state index contributed by atoms with van der Waals surface area (Å²) in [5.41, 5.74) is 0.800. The Morgan fingerprint density at radius 3 is 2.73 bits per heavy atom. The lowest BCUT2D eigenvalue weighted by molar-refractivity contribution is -0.154. The molecule has 0 aromatic heterocycles. The molecule has 5 heteroatoms. The molecule has 1 atom stereocenters. The van der Waals surface area contributed by atoms with Gasteiger partial charge in [-0.1, -0.05) is 25.0 Å². The van der Waals surface area contributed by atoms with Gasteiger partial charge in [0, 0.05) is 6.42 Å². The molecular formula is C17H20N2O3. The summed E-state index contributed by atoms with van der Waals surface area (Å²) >= 11 is 0. The Morgan fingerprint density at radius 1 is 1.36 bits per heavy atom. The molecule has 0 unspecified atom stereocenters. The van der Waals surface area contributed by atoms with Gasteiger partial charge in [0.15, 0.2) is 6.10 Å². The van der Waals surface area contributed by atoms with Crippen LogP contribution < -0.4 is 5.32 Å². The minimum Gasteiger partial charge on any atom is -0.453 e. The average molecular weight is 300 g/mol. The maximum absolute atomic E-state index is 12.1. The number of benzene rings is 1. The van der Waals surface area contributed by atoms with Gasteiger partial charge in [0.25, 0.3) is 5.91 Å². The number of para-hydroxylation sites is 1. The summed E-state index contributed by atoms with van der Waals surface area (Å²) in [5.74, 6) is -0.368. The van der Waals surface area contributed by atoms with E-state index >= 15 is 0 Å². The van der Waals surface area contributed by atoms with Gasteiger partial charge >= 0.3 is 5.97 Å². The van der Waals surface area contributed by atoms with Crippen LogP contribution >= 0.6 is 0 Å². The Kier molecular flexibility index (Phi) is 5.54. The van der Waals surface area contributed by atoms with Gasteiger partial charge in [-0.15, -0.1) is 0 Å². The maximum Gasteiger partial charge on any atom is 0.306 e. The normalized spacial score (nSPS) is 15.8. The van der Waals surface area contributed by atoms with Crippen LogP contribution in [-0.2, 0) is 14.3 Å². The Morgan fingerprint density at radius 2 is 2.05 bits per heavy atom. The third kappa shape index (κ3) is 4.32. The second kappa shape index (κ2) is 7.60. The first-order valence-corrected chi connectivity index (χ1v) is 7.59. The maximum atomic E-state index is 12.1. The fourth-order valence-corrected chi connectivity index (χ4v) is 2.67. The highest BCUT2D eigenvalue weighted by Gasteiger charge is 2.23. The number of amides is 1. The predicted octanol–water partition coefficient (Wildman–Crippen LogP) is 3.01. The van der Waals surface area contributed by atoms with Crippen LogP contribution in [0.15, 0.2) is 24.3 Å². The van der Waals surface area contributed by atoms with E-state index in [2.05, 4.69) is 5.32 Å². The van der Waals surface area contributed by atoms with Gasteiger partial charge in [0.2, 0.25) is 0 Å². The number of nitriles is 1. The van der Waals surface area contributed by atoms with Gasteiger partial charge in [-0.3, -0.25) is 9.59 Å². The van der Waals surface area contributed by atoms with Crippen LogP contribution in [0.5, 0.6) is 0 Å². The van der Waals surface area contributed by atoms with E-state index in [0.717, 1.165) is 12.8 Å². The van der Waals surface area contributed by atoms with Crippen molar-refractivity contribution in [3.8, 4) is 6.07 Å². The molecule has 0 heterocycles. The SMILES string of the molecule is C[C@H](OC(=O)CC1CCCC1)C(=O)Nc1ccccc1C#N. The molecular weight excluding hydrogens is 280 g/mol. The smallest absolute Gasteiger partial charge is 0.306 e. The molecule has 1 aromatic carbocycles. The molecule has 116 valence electrons. The summed E-state index contributed by atoms with van der Waals surface area (Å²) in [6.07, 6.45) is 3.96. The minimum atomic E-state index is -0.874. The van der Waals surface area contributed by atoms with Crippen molar-refractivity contribution in [3.05, 3.63) is 29.8 Å². The lowest BCUT2D eigenvalue weighted by atomic mass is 10.0. The summed E-state index contributed by atoms with van der Waals surface area (Å²) in [6.45, 7) is 1.54. The molecule has 1 aliphatic rings. The van der Waals surface area contributed by atoms with Crippen LogP contribution in [0.3, 0.4) is 0 Å². The van der Waals surface area contributed by atoms with Crippen molar-refractivity contribution >= 4 is 17.6 Å². The molecule has 1 saturated carbocycles. The molecule has 1 aliphatic carbocycles. The Hall–Kier alpha value is -2.35. The number of carbonyl (C=O) groups excluding carboxylic acids is 2. The molecule has 0 saturated heterocycles. The highest BCUT2D eigenvalue weighted by molar-refractivity contribution is 5.96. The third-order valence-electron chi connectivity index (χ3n) is 3.91. The van der Waals surface area contributed by atoms with Crippen LogP contribution in [0, 0.1) is 17.2 Å². The van der Waals surface area contributed by atoms with Gasteiger partial charge in [0.05, 0.1) is 11.3 Å². The number of nitrogens with zero attached hydrogens (tertiary/aromatic N) is 1. The number of nitrogens with one attached hydrogen (secondary N) is 1. The van der Waals surface area contributed by atoms with Crippen molar-refractivity contribution in [1.29, 1.82) is 5.26 Å². The number of ether oxygens (including phenoxy) is 1. The van der Waals surface area contributed by atoms with Crippen LogP contribution in [0.4, 0.5) is 5.69 Å². The van der Waals surface area contributed by atoms with Gasteiger partial charge in [-0.2, -0.15) is 5.26 Å². The van der Waals surface area contributed by atoms with E-state index in [0.29, 0.717) is 23.6 Å². The van der Waals surface area contributed by atoms with Crippen molar-refractivity contribution in [1.82, 2.24) is 0 Å². The van der Waals surface area contributed by atoms with Crippen LogP contribution in [0.2, 0.25) is 0 Å². The summed E-state index contributed by atoms with van der Waals surface area (Å²) in [6, 6.07) is 8.72. The van der Waals surface area contributed by atoms with Crippen molar-refractivity contribution in [2.45, 2.75) is 45.1 Å². The van der Waals surface area contributed by atoms with Crippen molar-refractivity contribution in [3.63, 3.8) is 0 Å². The molecule has 5 nitrogen and oxygen atoms in total. The first kappa shape index (κ1) is 16.0. The van der Waals surface area contributed by atoms with E-state index in [1.165, 1.54) is 19.8 Å². The lowest BCUT2D eigenvalue weighted by Crippen LogP contribution is -2.30. The molecule has 0 radical (unpaired) electrons. The molecule has 1 fully saturated rings. The minimum absolute atomic E-state index is 0.330. The monoisotopic (exact) mass is 300 g/mol. The summed E-state index contributed by atoms with van der Waals surface area (Å²) in [7, 11) is 0. The van der Waals surface area contributed by atoms with E-state index in [9.17, 15) is 9.59 Å². The van der Waals surface area contributed by atoms with Crippen LogP contribution in [0.1, 0.15) is 44.6 Å². The number of esters is 1. The van der Waals surface area contributed by atoms with Crippen LogP contribution in [0.25, 0.3) is 0 Å². The molecule has 0 bridgehead atoms. The zero-order valence-corrected chi connectivity index (χ0v) is 12.7. The van der Waals surface area contributed by atoms with Crippen LogP contribution in [-0.4, -0.2) is 18.0 Å². The van der Waals surface area contributed by atoms with E-state index < -0.39 is 12.0 Å². The number of hydrogen-bond acceptors (Lipinski definition) is 4. The largest absolute Gasteiger partial charge is 0.453 e. The molecule has 22 heavy (non-hydrogen) atoms. The summed E-state index contributed by atoms with van der Waals surface area (Å²) in [4.78, 5) is 23.9. The third-order valence-corrected chi connectivity index (χ3v) is 3.91. The number of carbonyl (C=O) groups is 2. The van der Waals surface area contributed by atoms with E-state index in [4.69, 9.17) is 10.00 Å². The topological polar surface area (TPSA) is 79.2 Å². The lowest BCUT2D eigenvalue weighted by Gasteiger charge is -2.15. The fraction of sp³-hybridized carbons (Fsp3) is 0.471. The van der Waals surface area contributed by atoms with Gasteiger partial charge in [-0.25, -0.2) is 0 Å². The highest BCUT2D eigenvalue weighted by Crippen LogP contribution is 2.27. The number of hydrogen-bond donors (Lipinski definition) is 1. The van der Waals surface area contributed by atoms with E-state index in [-0.39, 0.29) is 5.97 Å². The summed E-state index contributed by atoms with van der Waals surface area (Å²) in [5, 5.41) is 11.6. The van der Waals surface area contributed by atoms with Gasteiger partial charge in [-0.05, 0) is 37.8 Å².